The summed E-state index contributed by atoms with van der Waals surface area (Å²) < 4.78 is 7.18. The van der Waals surface area contributed by atoms with Gasteiger partial charge < -0.3 is 19.1 Å². The fraction of sp³-hybridized carbons (Fsp3) is 0. The Kier molecular flexibility index (Phi) is 9.24. The number of nitrogens with zero attached hydrogens (tertiary/aromatic N) is 3. The van der Waals surface area contributed by atoms with E-state index in [1.165, 1.54) is 22.1 Å². The van der Waals surface area contributed by atoms with Crippen LogP contribution in [0.25, 0.3) is 44.3 Å². The van der Waals surface area contributed by atoms with Gasteiger partial charge in [-0.15, -0.1) is 0 Å². The number of anilines is 9. The SMILES string of the molecule is c1ccc(-c2cc(-c3ccccc3)cc(N3c4cccc5c4B(c4ccc(-c6ccc(N(c7ccccc7)c7ccccc7)cc6)cc4N5c4ccccc4)c4oc5ccccc5c43)c2)cc1. The third kappa shape index (κ3) is 6.55. The lowest BCUT2D eigenvalue weighted by atomic mass is 9.35. The fourth-order valence-electron chi connectivity index (χ4n) is 10.4. The van der Waals surface area contributed by atoms with Gasteiger partial charge in [-0.25, -0.2) is 0 Å². The van der Waals surface area contributed by atoms with Crippen LogP contribution in [0.3, 0.4) is 0 Å². The normalized spacial score (nSPS) is 12.4. The third-order valence-electron chi connectivity index (χ3n) is 13.4. The van der Waals surface area contributed by atoms with E-state index in [1.54, 1.807) is 0 Å². The minimum atomic E-state index is -0.160. The molecule has 5 heteroatoms. The highest BCUT2D eigenvalue weighted by atomic mass is 16.3. The predicted octanol–water partition coefficient (Wildman–Crippen LogP) is 15.0. The molecule has 4 nitrogen and oxygen atoms in total. The number of para-hydroxylation sites is 4. The number of rotatable bonds is 8. The van der Waals surface area contributed by atoms with Crippen LogP contribution in [0.15, 0.2) is 259 Å². The largest absolute Gasteiger partial charge is 0.468 e. The molecule has 2 aliphatic heterocycles. The molecule has 0 saturated heterocycles. The van der Waals surface area contributed by atoms with Crippen molar-refractivity contribution < 1.29 is 4.42 Å². The van der Waals surface area contributed by atoms with Crippen molar-refractivity contribution in [3.8, 4) is 33.4 Å². The highest BCUT2D eigenvalue weighted by Gasteiger charge is 2.46. The Morgan fingerprint density at radius 1 is 0.343 bits per heavy atom. The molecule has 0 atom stereocenters. The van der Waals surface area contributed by atoms with Crippen LogP contribution in [0.1, 0.15) is 0 Å². The van der Waals surface area contributed by atoms with Gasteiger partial charge in [-0.2, -0.15) is 0 Å². The second kappa shape index (κ2) is 16.0. The molecule has 11 aromatic rings. The van der Waals surface area contributed by atoms with Gasteiger partial charge in [0.2, 0.25) is 0 Å². The summed E-state index contributed by atoms with van der Waals surface area (Å²) >= 11 is 0. The van der Waals surface area contributed by atoms with E-state index >= 15 is 0 Å². The smallest absolute Gasteiger partial charge is 0.297 e. The van der Waals surface area contributed by atoms with Crippen LogP contribution in [0, 0.1) is 0 Å². The van der Waals surface area contributed by atoms with E-state index in [4.69, 9.17) is 4.42 Å². The molecule has 0 spiro atoms. The maximum Gasteiger partial charge on any atom is 0.297 e. The average Bonchev–Trinajstić information content (AvgIpc) is 3.79. The summed E-state index contributed by atoms with van der Waals surface area (Å²) in [5.74, 6) is 0. The number of benzene rings is 10. The molecule has 13 rings (SSSR count). The van der Waals surface area contributed by atoms with E-state index in [-0.39, 0.29) is 6.71 Å². The van der Waals surface area contributed by atoms with Crippen LogP contribution >= 0.6 is 0 Å². The standard InChI is InChI=1S/C62H42BN3O/c1-6-19-43(20-7-1)47-39-48(44-21-8-2-9-22-44)41-53(40-47)66-57-31-18-30-56-60(57)63(62-61(66)54-29-16-17-32-59(54)67-62)55-38-35-46(42-58(55)65(56)51-27-14-5-15-28-51)45-33-36-52(37-34-45)64(49-23-10-3-11-24-49)50-25-12-4-13-26-50/h1-42H. The van der Waals surface area contributed by atoms with Crippen LogP contribution in [-0.2, 0) is 0 Å². The van der Waals surface area contributed by atoms with Gasteiger partial charge in [-0.1, -0.05) is 158 Å². The van der Waals surface area contributed by atoms with Gasteiger partial charge in [0, 0.05) is 50.9 Å². The summed E-state index contributed by atoms with van der Waals surface area (Å²) in [6.07, 6.45) is 0. The molecule has 67 heavy (non-hydrogen) atoms. The molecular formula is C62H42BN3O. The Morgan fingerprint density at radius 3 is 1.48 bits per heavy atom. The molecule has 3 heterocycles. The second-order valence-electron chi connectivity index (χ2n) is 17.3. The summed E-state index contributed by atoms with van der Waals surface area (Å²) in [6.45, 7) is -0.160. The Balaban J connectivity index is 1.00. The van der Waals surface area contributed by atoms with Gasteiger partial charge in [0.05, 0.1) is 11.3 Å². The molecule has 0 unspecified atom stereocenters. The molecule has 0 fully saturated rings. The van der Waals surface area contributed by atoms with Crippen LogP contribution in [0.2, 0.25) is 0 Å². The molecular weight excluding hydrogens is 814 g/mol. The molecule has 0 radical (unpaired) electrons. The van der Waals surface area contributed by atoms with Gasteiger partial charge in [0.1, 0.15) is 5.58 Å². The van der Waals surface area contributed by atoms with Gasteiger partial charge in [-0.3, -0.25) is 0 Å². The van der Waals surface area contributed by atoms with Gasteiger partial charge >= 0.3 is 0 Å². The topological polar surface area (TPSA) is 22.9 Å². The predicted molar refractivity (Wildman–Crippen MR) is 281 cm³/mol. The molecule has 314 valence electrons. The van der Waals surface area contributed by atoms with Crippen molar-refractivity contribution in [2.24, 2.45) is 0 Å². The van der Waals surface area contributed by atoms with Crippen LogP contribution in [-0.4, -0.2) is 6.71 Å². The van der Waals surface area contributed by atoms with E-state index < -0.39 is 0 Å². The molecule has 0 bridgehead atoms. The lowest BCUT2D eigenvalue weighted by Crippen LogP contribution is -2.60. The third-order valence-corrected chi connectivity index (χ3v) is 13.4. The Labute approximate surface area is 391 Å². The summed E-state index contributed by atoms with van der Waals surface area (Å²) in [5.41, 5.74) is 21.2. The zero-order valence-corrected chi connectivity index (χ0v) is 36.6. The zero-order valence-electron chi connectivity index (χ0n) is 36.6. The molecule has 0 aliphatic carbocycles. The van der Waals surface area contributed by atoms with Crippen LogP contribution < -0.4 is 31.3 Å². The van der Waals surface area contributed by atoms with Crippen molar-refractivity contribution in [3.05, 3.63) is 255 Å². The number of furan rings is 1. The average molecular weight is 856 g/mol. The molecule has 10 aromatic carbocycles. The summed E-state index contributed by atoms with van der Waals surface area (Å²) in [5, 5.41) is 1.09. The molecule has 0 saturated carbocycles. The van der Waals surface area contributed by atoms with Crippen molar-refractivity contribution >= 4 is 85.5 Å². The minimum Gasteiger partial charge on any atom is -0.468 e. The first-order valence-corrected chi connectivity index (χ1v) is 23.0. The van der Waals surface area contributed by atoms with E-state index in [1.807, 2.05) is 0 Å². The fourth-order valence-corrected chi connectivity index (χ4v) is 10.4. The lowest BCUT2D eigenvalue weighted by Gasteiger charge is -2.42. The molecule has 1 aromatic heterocycles. The molecule has 2 aliphatic rings. The van der Waals surface area contributed by atoms with Gasteiger partial charge in [-0.05, 0) is 141 Å². The Morgan fingerprint density at radius 2 is 0.851 bits per heavy atom. The number of fused-ring (bicyclic) bond motifs is 6. The van der Waals surface area contributed by atoms with Crippen molar-refractivity contribution in [3.63, 3.8) is 0 Å². The number of hydrogen-bond acceptors (Lipinski definition) is 4. The monoisotopic (exact) mass is 855 g/mol. The summed E-state index contributed by atoms with van der Waals surface area (Å²) in [6, 6.07) is 91.7. The van der Waals surface area contributed by atoms with E-state index in [2.05, 4.69) is 269 Å². The van der Waals surface area contributed by atoms with Crippen molar-refractivity contribution in [2.75, 3.05) is 14.7 Å². The zero-order chi connectivity index (χ0) is 44.3. The van der Waals surface area contributed by atoms with Crippen molar-refractivity contribution in [2.45, 2.75) is 0 Å². The first-order valence-electron chi connectivity index (χ1n) is 23.0. The summed E-state index contributed by atoms with van der Waals surface area (Å²) in [7, 11) is 0. The van der Waals surface area contributed by atoms with E-state index in [9.17, 15) is 0 Å². The Hall–Kier alpha value is -8.80. The first kappa shape index (κ1) is 38.6. The number of hydrogen-bond donors (Lipinski definition) is 0. The van der Waals surface area contributed by atoms with Gasteiger partial charge in [0.25, 0.3) is 6.71 Å². The van der Waals surface area contributed by atoms with Crippen molar-refractivity contribution in [1.29, 1.82) is 0 Å². The van der Waals surface area contributed by atoms with Gasteiger partial charge in [0.15, 0.2) is 0 Å². The quantitative estimate of drug-likeness (QED) is 0.142. The maximum atomic E-state index is 7.18. The lowest BCUT2D eigenvalue weighted by molar-refractivity contribution is 0.651. The van der Waals surface area contributed by atoms with E-state index in [0.29, 0.717) is 0 Å². The highest BCUT2D eigenvalue weighted by molar-refractivity contribution is 7.00. The highest BCUT2D eigenvalue weighted by Crippen LogP contribution is 2.48. The molecule has 0 amide bonds. The van der Waals surface area contributed by atoms with E-state index in [0.717, 1.165) is 90.1 Å². The minimum absolute atomic E-state index is 0.160. The van der Waals surface area contributed by atoms with Crippen LogP contribution in [0.4, 0.5) is 51.2 Å². The summed E-state index contributed by atoms with van der Waals surface area (Å²) in [4.78, 5) is 7.23. The first-order chi connectivity index (χ1) is 33.2. The maximum absolute atomic E-state index is 7.18. The second-order valence-corrected chi connectivity index (χ2v) is 17.3. The Bertz CT molecular complexity index is 3480. The van der Waals surface area contributed by atoms with Crippen molar-refractivity contribution in [1.82, 2.24) is 0 Å². The molecule has 0 N–H and O–H groups in total. The van der Waals surface area contributed by atoms with Crippen LogP contribution in [0.5, 0.6) is 0 Å².